The molecule has 0 unspecified atom stereocenters. The Kier molecular flexibility index (Phi) is 9.10. The van der Waals surface area contributed by atoms with Crippen LogP contribution in [0, 0.1) is 0 Å². The highest BCUT2D eigenvalue weighted by Gasteiger charge is 2.77. The summed E-state index contributed by atoms with van der Waals surface area (Å²) in [6.45, 7) is 7.74. The average Bonchev–Trinajstić information content (AvgIpc) is 2.12. The molecule has 0 N–H and O–H groups in total. The zero-order valence-electron chi connectivity index (χ0n) is 11.0. The lowest BCUT2D eigenvalue weighted by Gasteiger charge is -2.46. The molecule has 0 bridgehead atoms. The maximum atomic E-state index is 6.61. The molecule has 0 atom stereocenters. The minimum absolute atomic E-state index is 0.0104. The van der Waals surface area contributed by atoms with Crippen LogP contribution < -0.4 is 0 Å². The van der Waals surface area contributed by atoms with E-state index in [0.717, 1.165) is 0 Å². The van der Waals surface area contributed by atoms with Gasteiger partial charge in [0, 0.05) is 0 Å². The minimum atomic E-state index is -3.62. The molecule has 20 heavy (non-hydrogen) atoms. The molecule has 0 aromatic rings. The number of halogens is 9. The Hall–Kier alpha value is 3.44. The van der Waals surface area contributed by atoms with E-state index in [-0.39, 0.29) is 12.1 Å². The van der Waals surface area contributed by atoms with Crippen LogP contribution in [-0.2, 0) is 0 Å². The number of rotatable bonds is 6. The van der Waals surface area contributed by atoms with Crippen LogP contribution in [0.5, 0.6) is 0 Å². The molecule has 1 nitrogen and oxygen atoms in total. The Morgan fingerprint density at radius 2 is 0.900 bits per heavy atom. The Balaban J connectivity index is 5.90. The van der Waals surface area contributed by atoms with Gasteiger partial charge in [-0.1, -0.05) is 27.7 Å². The summed E-state index contributed by atoms with van der Waals surface area (Å²) in [6.07, 6.45) is -3.40. The predicted molar refractivity (Wildman–Crippen MR) is 108 cm³/mol. The van der Waals surface area contributed by atoms with E-state index >= 15 is 0 Å². The van der Waals surface area contributed by atoms with E-state index in [4.69, 9.17) is 99.7 Å². The second-order valence-electron chi connectivity index (χ2n) is 4.78. The molecule has 0 aliphatic rings. The molecule has 14 heteroatoms. The molecule has 0 aromatic carbocycles. The van der Waals surface area contributed by atoms with E-state index < -0.39 is 23.4 Å². The summed E-state index contributed by atoms with van der Waals surface area (Å²) in [6, 6.07) is 0.0208. The van der Waals surface area contributed by atoms with Gasteiger partial charge in [0.1, 0.15) is 0 Å². The van der Waals surface area contributed by atoms with Gasteiger partial charge < -0.3 is 0 Å². The molecule has 0 aromatic heterocycles. The van der Waals surface area contributed by atoms with Gasteiger partial charge >= 0.3 is 23.4 Å². The zero-order valence-corrected chi connectivity index (χ0v) is 21.8. The van der Waals surface area contributed by atoms with Crippen LogP contribution in [0.4, 0.5) is 0 Å². The molecule has 0 aliphatic heterocycles. The lowest BCUT2D eigenvalue weighted by molar-refractivity contribution is 0.311. The second kappa shape index (κ2) is 7.77. The van der Waals surface area contributed by atoms with Gasteiger partial charge in [0.2, 0.25) is 0 Å². The zero-order chi connectivity index (χ0) is 16.7. The summed E-state index contributed by atoms with van der Waals surface area (Å²) in [5.41, 5.74) is -10.7. The smallest absolute Gasteiger partial charge is 0.296 e. The van der Waals surface area contributed by atoms with Gasteiger partial charge in [-0.2, -0.15) is 0 Å². The lowest BCUT2D eigenvalue weighted by Crippen LogP contribution is -2.76. The predicted octanol–water partition coefficient (Wildman–Crippen LogP) is 6.25. The topological polar surface area (TPSA) is 3.24 Å². The molecule has 0 saturated carbocycles. The van der Waals surface area contributed by atoms with E-state index in [1.807, 2.05) is 32.3 Å². The summed E-state index contributed by atoms with van der Waals surface area (Å²) >= 11 is 57.0. The van der Waals surface area contributed by atoms with Crippen LogP contribution in [0.25, 0.3) is 0 Å². The first-order valence-electron chi connectivity index (χ1n) is 5.50. The van der Waals surface area contributed by atoms with E-state index in [1.54, 1.807) is 0 Å². The Morgan fingerprint density at radius 3 is 1.10 bits per heavy atom. The van der Waals surface area contributed by atoms with Crippen molar-refractivity contribution in [2.45, 2.75) is 39.8 Å². The third-order valence-corrected chi connectivity index (χ3v) is 88.9. The van der Waals surface area contributed by atoms with E-state index in [2.05, 4.69) is 0 Å². The first-order valence-corrected chi connectivity index (χ1v) is 25.6. The molecule has 0 rings (SSSR count). The van der Waals surface area contributed by atoms with Gasteiger partial charge in [-0.25, -0.2) is 0 Å². The highest BCUT2D eigenvalue weighted by Crippen LogP contribution is 2.53. The standard InChI is InChI=1S/C6H14Cl9NSi4/c1-5(2)16(6(3)4)18(10,11)20(14,15)19(12,13)17(7,8)9/h5-6H,1-4H3. The van der Waals surface area contributed by atoms with Gasteiger partial charge in [-0.15, -0.1) is 99.7 Å². The van der Waals surface area contributed by atoms with Crippen LogP contribution in [0.2, 0.25) is 0 Å². The third-order valence-electron chi connectivity index (χ3n) is 2.57. The van der Waals surface area contributed by atoms with Crippen molar-refractivity contribution in [2.24, 2.45) is 0 Å². The third kappa shape index (κ3) is 4.53. The molecular weight excluding hydrogens is 517 g/mol. The summed E-state index contributed by atoms with van der Waals surface area (Å²) in [4.78, 5) is 0. The summed E-state index contributed by atoms with van der Waals surface area (Å²) in [5.74, 6) is 0. The normalized spacial score (nSPS) is 15.6. The fourth-order valence-corrected chi connectivity index (χ4v) is 88.6. The lowest BCUT2D eigenvalue weighted by atomic mass is 10.3. The summed E-state index contributed by atoms with van der Waals surface area (Å²) < 4.78 is 1.86. The fourth-order valence-electron chi connectivity index (χ4n) is 1.77. The maximum Gasteiger partial charge on any atom is 0.358 e. The summed E-state index contributed by atoms with van der Waals surface area (Å²) in [5, 5.41) is 0. The largest absolute Gasteiger partial charge is 0.358 e. The van der Waals surface area contributed by atoms with Gasteiger partial charge in [0.15, 0.2) is 0 Å². The number of nitrogens with zero attached hydrogens (tertiary/aromatic N) is 1. The minimum Gasteiger partial charge on any atom is -0.296 e. The van der Waals surface area contributed by atoms with Crippen molar-refractivity contribution < 1.29 is 0 Å². The second-order valence-corrected chi connectivity index (χ2v) is 57.1. The fraction of sp³-hybridized carbons (Fsp3) is 1.00. The van der Waals surface area contributed by atoms with Crippen molar-refractivity contribution in [1.29, 1.82) is 0 Å². The van der Waals surface area contributed by atoms with Crippen molar-refractivity contribution in [3.8, 4) is 0 Å². The van der Waals surface area contributed by atoms with Gasteiger partial charge in [0.25, 0.3) is 0 Å². The van der Waals surface area contributed by atoms with Gasteiger partial charge in [-0.3, -0.25) is 4.57 Å². The summed E-state index contributed by atoms with van der Waals surface area (Å²) in [7, 11) is 0. The van der Waals surface area contributed by atoms with E-state index in [9.17, 15) is 0 Å². The SMILES string of the molecule is CC(C)N(C(C)C)[Si](Cl)(Cl)[Si](Cl)(Cl)[Si](Cl)(Cl)[Si](Cl)(Cl)Cl. The quantitative estimate of drug-likeness (QED) is 0.289. The number of hydrogen-bond acceptors (Lipinski definition) is 1. The van der Waals surface area contributed by atoms with Crippen molar-refractivity contribution in [3.63, 3.8) is 0 Å². The highest BCUT2D eigenvalue weighted by atomic mass is 35.9. The van der Waals surface area contributed by atoms with Crippen molar-refractivity contribution in [3.05, 3.63) is 0 Å². The molecule has 0 saturated heterocycles. The van der Waals surface area contributed by atoms with E-state index in [1.165, 1.54) is 0 Å². The first kappa shape index (κ1) is 23.4. The molecule has 0 heterocycles. The van der Waals surface area contributed by atoms with Gasteiger partial charge in [-0.05, 0) is 12.1 Å². The molecule has 0 fully saturated rings. The average molecular weight is 532 g/mol. The molecule has 122 valence electrons. The van der Waals surface area contributed by atoms with E-state index in [0.29, 0.717) is 0 Å². The van der Waals surface area contributed by atoms with Crippen LogP contribution in [0.1, 0.15) is 27.7 Å². The van der Waals surface area contributed by atoms with Crippen molar-refractivity contribution >= 4 is 123 Å². The molecular formula is C6H14Cl9NSi4. The highest BCUT2D eigenvalue weighted by molar-refractivity contribution is 8.29. The Labute approximate surface area is 165 Å². The van der Waals surface area contributed by atoms with Crippen LogP contribution in [-0.4, -0.2) is 40.0 Å². The van der Waals surface area contributed by atoms with Crippen molar-refractivity contribution in [2.75, 3.05) is 0 Å². The van der Waals surface area contributed by atoms with Gasteiger partial charge in [0.05, 0.1) is 0 Å². The molecule has 0 spiro atoms. The Bertz CT molecular complexity index is 334. The Morgan fingerprint density at radius 1 is 0.600 bits per heavy atom. The first-order chi connectivity index (χ1) is 8.51. The van der Waals surface area contributed by atoms with Crippen molar-refractivity contribution in [1.82, 2.24) is 4.57 Å². The van der Waals surface area contributed by atoms with Crippen LogP contribution in [0.15, 0.2) is 0 Å². The maximum absolute atomic E-state index is 6.61. The van der Waals surface area contributed by atoms with Crippen LogP contribution in [0.3, 0.4) is 0 Å². The monoisotopic (exact) mass is 527 g/mol. The molecule has 0 aliphatic carbocycles. The molecule has 0 amide bonds. The van der Waals surface area contributed by atoms with Crippen LogP contribution >= 0.6 is 99.7 Å². The molecule has 0 radical (unpaired) electrons. The number of hydrogen-bond donors (Lipinski definition) is 0.